The van der Waals surface area contributed by atoms with Crippen LogP contribution < -0.4 is 0 Å². The Morgan fingerprint density at radius 1 is 1.17 bits per heavy atom. The van der Waals surface area contributed by atoms with Crippen molar-refractivity contribution in [3.05, 3.63) is 65.7 Å². The van der Waals surface area contributed by atoms with Gasteiger partial charge in [-0.15, -0.1) is 0 Å². The highest BCUT2D eigenvalue weighted by molar-refractivity contribution is 7.99. The van der Waals surface area contributed by atoms with Gasteiger partial charge in [0, 0.05) is 52.8 Å². The van der Waals surface area contributed by atoms with E-state index in [0.29, 0.717) is 42.9 Å². The lowest BCUT2D eigenvalue weighted by Gasteiger charge is -2.32. The number of morpholine rings is 1. The van der Waals surface area contributed by atoms with Crippen LogP contribution in [0.5, 0.6) is 0 Å². The molecule has 0 unspecified atom stereocenters. The molecule has 4 aromatic rings. The molecule has 9 nitrogen and oxygen atoms in total. The molecule has 1 aliphatic heterocycles. The number of hydrogen-bond donors (Lipinski definition) is 0. The van der Waals surface area contributed by atoms with E-state index in [1.165, 1.54) is 11.8 Å². The standard InChI is InChI=1S/C26H23N7O2S/c1-17-23(13-30-32(17)16-22-15-31(18(2)34)7-8-35-22)20-9-25(26-21(11-28)12-29-33(26)14-20)36-24-6-4-3-5-19(24)10-27/h3-6,9,12-14,22H,7-8,15-16H2,1-2H3/t22-/m1/s1. The second-order valence-corrected chi connectivity index (χ2v) is 9.63. The molecule has 0 N–H and O–H groups in total. The van der Waals surface area contributed by atoms with Gasteiger partial charge >= 0.3 is 0 Å². The molecular formula is C26H23N7O2S. The molecule has 1 aliphatic rings. The summed E-state index contributed by atoms with van der Waals surface area (Å²) in [6.45, 7) is 5.78. The second-order valence-electron chi connectivity index (χ2n) is 8.55. The molecule has 0 saturated carbocycles. The summed E-state index contributed by atoms with van der Waals surface area (Å²) in [5, 5.41) is 28.2. The third-order valence-corrected chi connectivity index (χ3v) is 7.41. The lowest BCUT2D eigenvalue weighted by molar-refractivity contribution is -0.136. The van der Waals surface area contributed by atoms with Crippen LogP contribution in [-0.4, -0.2) is 56.0 Å². The quantitative estimate of drug-likeness (QED) is 0.414. The third-order valence-electron chi connectivity index (χ3n) is 6.30. The van der Waals surface area contributed by atoms with Gasteiger partial charge in [0.25, 0.3) is 0 Å². The van der Waals surface area contributed by atoms with Crippen molar-refractivity contribution in [2.75, 3.05) is 19.7 Å². The monoisotopic (exact) mass is 497 g/mol. The van der Waals surface area contributed by atoms with Crippen molar-refractivity contribution in [1.29, 1.82) is 10.5 Å². The van der Waals surface area contributed by atoms with Crippen molar-refractivity contribution in [2.24, 2.45) is 0 Å². The fourth-order valence-corrected chi connectivity index (χ4v) is 5.47. The number of rotatable bonds is 5. The van der Waals surface area contributed by atoms with Gasteiger partial charge in [0.05, 0.1) is 48.3 Å². The molecule has 36 heavy (non-hydrogen) atoms. The lowest BCUT2D eigenvalue weighted by atomic mass is 10.1. The van der Waals surface area contributed by atoms with Gasteiger partial charge in [-0.2, -0.15) is 20.7 Å². The molecule has 1 amide bonds. The summed E-state index contributed by atoms with van der Waals surface area (Å²) in [5.74, 6) is 0.0495. The predicted octanol–water partition coefficient (Wildman–Crippen LogP) is 3.65. The van der Waals surface area contributed by atoms with E-state index in [4.69, 9.17) is 4.74 Å². The van der Waals surface area contributed by atoms with E-state index in [9.17, 15) is 15.3 Å². The molecule has 1 atom stereocenters. The number of pyridine rings is 1. The first-order valence-electron chi connectivity index (χ1n) is 11.5. The smallest absolute Gasteiger partial charge is 0.219 e. The summed E-state index contributed by atoms with van der Waals surface area (Å²) >= 11 is 1.44. The van der Waals surface area contributed by atoms with Crippen molar-refractivity contribution in [3.8, 4) is 23.3 Å². The third kappa shape index (κ3) is 4.44. The molecule has 180 valence electrons. The Bertz CT molecular complexity index is 1540. The number of aromatic nitrogens is 4. The van der Waals surface area contributed by atoms with Gasteiger partial charge in [0.2, 0.25) is 5.91 Å². The van der Waals surface area contributed by atoms with E-state index in [1.54, 1.807) is 28.6 Å². The number of amides is 1. The molecule has 3 aromatic heterocycles. The molecule has 5 rings (SSSR count). The van der Waals surface area contributed by atoms with E-state index in [2.05, 4.69) is 22.3 Å². The predicted molar refractivity (Wildman–Crippen MR) is 133 cm³/mol. The van der Waals surface area contributed by atoms with E-state index < -0.39 is 0 Å². The maximum atomic E-state index is 11.8. The highest BCUT2D eigenvalue weighted by atomic mass is 32.2. The summed E-state index contributed by atoms with van der Waals surface area (Å²) in [6, 6.07) is 13.9. The number of carbonyl (C=O) groups is 1. The van der Waals surface area contributed by atoms with Crippen LogP contribution in [0.2, 0.25) is 0 Å². The molecule has 1 saturated heterocycles. The topological polar surface area (TPSA) is 112 Å². The van der Waals surface area contributed by atoms with Gasteiger partial charge in [0.15, 0.2) is 0 Å². The van der Waals surface area contributed by atoms with Crippen molar-refractivity contribution >= 4 is 23.2 Å². The number of hydrogen-bond acceptors (Lipinski definition) is 7. The minimum absolute atomic E-state index is 0.0495. The maximum absolute atomic E-state index is 11.8. The largest absolute Gasteiger partial charge is 0.373 e. The Labute approximate surface area is 212 Å². The van der Waals surface area contributed by atoms with Gasteiger partial charge in [-0.25, -0.2) is 4.52 Å². The molecule has 4 heterocycles. The van der Waals surface area contributed by atoms with Crippen LogP contribution in [0.3, 0.4) is 0 Å². The summed E-state index contributed by atoms with van der Waals surface area (Å²) < 4.78 is 9.49. The second kappa shape index (κ2) is 9.86. The van der Waals surface area contributed by atoms with Gasteiger partial charge in [-0.3, -0.25) is 9.48 Å². The molecule has 0 spiro atoms. The minimum atomic E-state index is -0.130. The number of fused-ring (bicyclic) bond motifs is 1. The van der Waals surface area contributed by atoms with Crippen LogP contribution in [0, 0.1) is 29.6 Å². The lowest BCUT2D eigenvalue weighted by Crippen LogP contribution is -2.46. The van der Waals surface area contributed by atoms with Crippen LogP contribution in [0.4, 0.5) is 0 Å². The van der Waals surface area contributed by atoms with Crippen LogP contribution in [-0.2, 0) is 16.1 Å². The molecular weight excluding hydrogens is 474 g/mol. The van der Waals surface area contributed by atoms with E-state index in [1.807, 2.05) is 48.3 Å². The summed E-state index contributed by atoms with van der Waals surface area (Å²) in [7, 11) is 0. The van der Waals surface area contributed by atoms with E-state index in [0.717, 1.165) is 26.6 Å². The van der Waals surface area contributed by atoms with Crippen molar-refractivity contribution in [3.63, 3.8) is 0 Å². The zero-order chi connectivity index (χ0) is 25.2. The molecule has 0 aliphatic carbocycles. The average molecular weight is 498 g/mol. The Morgan fingerprint density at radius 3 is 2.75 bits per heavy atom. The fraction of sp³-hybridized carbons (Fsp3) is 0.269. The summed E-state index contributed by atoms with van der Waals surface area (Å²) in [5.41, 5.74) is 4.52. The van der Waals surface area contributed by atoms with Crippen molar-refractivity contribution in [1.82, 2.24) is 24.3 Å². The number of carbonyl (C=O) groups excluding carboxylic acids is 1. The molecule has 1 aromatic carbocycles. The first kappa shape index (κ1) is 23.6. The highest BCUT2D eigenvalue weighted by Gasteiger charge is 2.24. The maximum Gasteiger partial charge on any atom is 0.219 e. The van der Waals surface area contributed by atoms with Crippen LogP contribution in [0.25, 0.3) is 16.6 Å². The molecule has 10 heteroatoms. The Hall–Kier alpha value is -4.12. The van der Waals surface area contributed by atoms with Gasteiger partial charge in [0.1, 0.15) is 12.1 Å². The van der Waals surface area contributed by atoms with Gasteiger partial charge in [-0.1, -0.05) is 23.9 Å². The van der Waals surface area contributed by atoms with E-state index in [-0.39, 0.29) is 12.0 Å². The minimum Gasteiger partial charge on any atom is -0.373 e. The van der Waals surface area contributed by atoms with Gasteiger partial charge < -0.3 is 9.64 Å². The van der Waals surface area contributed by atoms with Crippen molar-refractivity contribution in [2.45, 2.75) is 36.3 Å². The number of ether oxygens (including phenoxy) is 1. The molecule has 1 fully saturated rings. The highest BCUT2D eigenvalue weighted by Crippen LogP contribution is 2.37. The number of nitrogens with zero attached hydrogens (tertiary/aromatic N) is 7. The first-order chi connectivity index (χ1) is 17.5. The molecule has 0 bridgehead atoms. The van der Waals surface area contributed by atoms with Crippen molar-refractivity contribution < 1.29 is 9.53 Å². The fourth-order valence-electron chi connectivity index (χ4n) is 4.38. The molecule has 0 radical (unpaired) electrons. The number of benzene rings is 1. The SMILES string of the molecule is CC(=O)N1CCO[C@@H](Cn2ncc(-c3cc(Sc4ccccc4C#N)c4c(C#N)cnn4c3)c2C)C1. The summed E-state index contributed by atoms with van der Waals surface area (Å²) in [4.78, 5) is 15.2. The van der Waals surface area contributed by atoms with E-state index >= 15 is 0 Å². The average Bonchev–Trinajstić information content (AvgIpc) is 3.47. The van der Waals surface area contributed by atoms with Crippen LogP contribution in [0.1, 0.15) is 23.7 Å². The zero-order valence-electron chi connectivity index (χ0n) is 19.9. The van der Waals surface area contributed by atoms with Gasteiger partial charge in [-0.05, 0) is 25.1 Å². The number of nitriles is 2. The van der Waals surface area contributed by atoms with Crippen LogP contribution >= 0.6 is 11.8 Å². The Kier molecular flexibility index (Phi) is 6.47. The normalized spacial score (nSPS) is 15.6. The Balaban J connectivity index is 1.51. The van der Waals surface area contributed by atoms with Crippen LogP contribution in [0.15, 0.2) is 58.7 Å². The zero-order valence-corrected chi connectivity index (χ0v) is 20.7. The summed E-state index contributed by atoms with van der Waals surface area (Å²) in [6.07, 6.45) is 5.12. The first-order valence-corrected chi connectivity index (χ1v) is 12.3. The Morgan fingerprint density at radius 2 is 1.97 bits per heavy atom.